The van der Waals surface area contributed by atoms with Crippen molar-refractivity contribution < 1.29 is 4.74 Å². The Morgan fingerprint density at radius 1 is 1.62 bits per heavy atom. The summed E-state index contributed by atoms with van der Waals surface area (Å²) in [6.07, 6.45) is 3.50. The van der Waals surface area contributed by atoms with Gasteiger partial charge in [-0.1, -0.05) is 29.3 Å². The van der Waals surface area contributed by atoms with Crippen LogP contribution in [0.25, 0.3) is 0 Å². The van der Waals surface area contributed by atoms with Gasteiger partial charge in [-0.2, -0.15) is 0 Å². The molecule has 1 rings (SSSR count). The summed E-state index contributed by atoms with van der Waals surface area (Å²) in [6.45, 7) is 2.19. The molecule has 3 nitrogen and oxygen atoms in total. The summed E-state index contributed by atoms with van der Waals surface area (Å²) < 4.78 is 5.24. The minimum Gasteiger partial charge on any atom is -0.367 e. The van der Waals surface area contributed by atoms with Crippen LogP contribution in [0.3, 0.4) is 0 Å². The van der Waals surface area contributed by atoms with Crippen molar-refractivity contribution in [3.8, 4) is 0 Å². The Kier molecular flexibility index (Phi) is 4.66. The van der Waals surface area contributed by atoms with Crippen molar-refractivity contribution in [2.45, 2.75) is 43.4 Å². The molecule has 0 amide bonds. The molecule has 0 aromatic carbocycles. The fourth-order valence-corrected chi connectivity index (χ4v) is 2.80. The zero-order valence-electron chi connectivity index (χ0n) is 8.29. The number of halogens is 1. The van der Waals surface area contributed by atoms with Gasteiger partial charge in [-0.3, -0.25) is 5.32 Å². The highest BCUT2D eigenvalue weighted by atomic mass is 79.9. The molecule has 13 heavy (non-hydrogen) atoms. The standard InChI is InChI=1S/C9H19BrN2O/c1-3-4-6-7(10)5-8(13-2)12-9(6)11/h6-9,12H,3-5,11H2,1-2H3. The van der Waals surface area contributed by atoms with Gasteiger partial charge in [0, 0.05) is 11.9 Å². The predicted molar refractivity (Wildman–Crippen MR) is 57.6 cm³/mol. The summed E-state index contributed by atoms with van der Waals surface area (Å²) in [5, 5.41) is 3.26. The van der Waals surface area contributed by atoms with E-state index in [1.807, 2.05) is 0 Å². The second-order valence-electron chi connectivity index (χ2n) is 3.62. The normalized spacial score (nSPS) is 40.6. The smallest absolute Gasteiger partial charge is 0.110 e. The Morgan fingerprint density at radius 2 is 2.31 bits per heavy atom. The molecule has 1 heterocycles. The fraction of sp³-hybridized carbons (Fsp3) is 1.00. The van der Waals surface area contributed by atoms with Gasteiger partial charge in [0.05, 0.1) is 6.17 Å². The molecule has 78 valence electrons. The summed E-state index contributed by atoms with van der Waals surface area (Å²) >= 11 is 3.68. The lowest BCUT2D eigenvalue weighted by Gasteiger charge is -2.38. The molecule has 3 N–H and O–H groups in total. The zero-order valence-corrected chi connectivity index (χ0v) is 9.88. The van der Waals surface area contributed by atoms with Crippen molar-refractivity contribution in [1.29, 1.82) is 0 Å². The molecule has 0 spiro atoms. The molecule has 0 aromatic rings. The highest BCUT2D eigenvalue weighted by molar-refractivity contribution is 9.09. The maximum absolute atomic E-state index is 6.00. The molecule has 1 fully saturated rings. The van der Waals surface area contributed by atoms with E-state index < -0.39 is 0 Å². The van der Waals surface area contributed by atoms with Crippen LogP contribution < -0.4 is 11.1 Å². The van der Waals surface area contributed by atoms with Gasteiger partial charge in [0.2, 0.25) is 0 Å². The van der Waals surface area contributed by atoms with Crippen molar-refractivity contribution >= 4 is 15.9 Å². The predicted octanol–water partition coefficient (Wildman–Crippen LogP) is 1.42. The molecular formula is C9H19BrN2O. The first-order valence-corrected chi connectivity index (χ1v) is 5.79. The van der Waals surface area contributed by atoms with Crippen LogP contribution in [-0.4, -0.2) is 24.3 Å². The molecular weight excluding hydrogens is 232 g/mol. The molecule has 4 atom stereocenters. The highest BCUT2D eigenvalue weighted by Gasteiger charge is 2.33. The second kappa shape index (κ2) is 5.29. The van der Waals surface area contributed by atoms with Crippen molar-refractivity contribution in [3.05, 3.63) is 0 Å². The quantitative estimate of drug-likeness (QED) is 0.746. The third-order valence-corrected chi connectivity index (χ3v) is 3.70. The number of piperidine rings is 1. The SMILES string of the molecule is CCCC1C(Br)CC(OC)NC1N. The van der Waals surface area contributed by atoms with Crippen LogP contribution in [0.15, 0.2) is 0 Å². The van der Waals surface area contributed by atoms with Gasteiger partial charge in [0.1, 0.15) is 6.23 Å². The van der Waals surface area contributed by atoms with E-state index in [0.717, 1.165) is 6.42 Å². The van der Waals surface area contributed by atoms with Gasteiger partial charge in [-0.05, 0) is 18.8 Å². The summed E-state index contributed by atoms with van der Waals surface area (Å²) in [7, 11) is 1.71. The number of rotatable bonds is 3. The van der Waals surface area contributed by atoms with E-state index in [-0.39, 0.29) is 12.4 Å². The Bertz CT molecular complexity index is 145. The average Bonchev–Trinajstić information content (AvgIpc) is 2.11. The summed E-state index contributed by atoms with van der Waals surface area (Å²) in [6, 6.07) is 0. The van der Waals surface area contributed by atoms with Gasteiger partial charge >= 0.3 is 0 Å². The summed E-state index contributed by atoms with van der Waals surface area (Å²) in [5.41, 5.74) is 6.00. The van der Waals surface area contributed by atoms with E-state index in [1.54, 1.807) is 7.11 Å². The maximum atomic E-state index is 6.00. The van der Waals surface area contributed by atoms with E-state index in [0.29, 0.717) is 10.7 Å². The van der Waals surface area contributed by atoms with Gasteiger partial charge in [0.15, 0.2) is 0 Å². The van der Waals surface area contributed by atoms with Crippen LogP contribution in [-0.2, 0) is 4.74 Å². The Labute approximate surface area is 88.5 Å². The van der Waals surface area contributed by atoms with Crippen LogP contribution in [0, 0.1) is 5.92 Å². The number of alkyl halides is 1. The number of hydrogen-bond acceptors (Lipinski definition) is 3. The molecule has 4 unspecified atom stereocenters. The third-order valence-electron chi connectivity index (χ3n) is 2.65. The van der Waals surface area contributed by atoms with E-state index in [1.165, 1.54) is 12.8 Å². The largest absolute Gasteiger partial charge is 0.367 e. The van der Waals surface area contributed by atoms with Crippen LogP contribution in [0.5, 0.6) is 0 Å². The first-order valence-electron chi connectivity index (χ1n) is 4.87. The van der Waals surface area contributed by atoms with Crippen molar-refractivity contribution in [1.82, 2.24) is 5.32 Å². The Hall–Kier alpha value is 0.360. The van der Waals surface area contributed by atoms with Crippen LogP contribution in [0.2, 0.25) is 0 Å². The highest BCUT2D eigenvalue weighted by Crippen LogP contribution is 2.28. The first-order chi connectivity index (χ1) is 6.19. The fourth-order valence-electron chi connectivity index (χ4n) is 1.87. The van der Waals surface area contributed by atoms with E-state index >= 15 is 0 Å². The lowest BCUT2D eigenvalue weighted by atomic mass is 9.91. The van der Waals surface area contributed by atoms with Crippen molar-refractivity contribution in [2.24, 2.45) is 11.7 Å². The monoisotopic (exact) mass is 250 g/mol. The van der Waals surface area contributed by atoms with Crippen molar-refractivity contribution in [2.75, 3.05) is 7.11 Å². The molecule has 1 aliphatic rings. The first kappa shape index (κ1) is 11.4. The molecule has 0 radical (unpaired) electrons. The molecule has 0 aliphatic carbocycles. The number of nitrogens with one attached hydrogen (secondary N) is 1. The summed E-state index contributed by atoms with van der Waals surface area (Å²) in [5.74, 6) is 0.524. The number of hydrogen-bond donors (Lipinski definition) is 2. The molecule has 1 saturated heterocycles. The molecule has 0 aromatic heterocycles. The van der Waals surface area contributed by atoms with Gasteiger partial charge in [-0.25, -0.2) is 0 Å². The second-order valence-corrected chi connectivity index (χ2v) is 4.80. The number of nitrogens with two attached hydrogens (primary N) is 1. The van der Waals surface area contributed by atoms with E-state index in [4.69, 9.17) is 10.5 Å². The van der Waals surface area contributed by atoms with Crippen LogP contribution in [0.4, 0.5) is 0 Å². The average molecular weight is 251 g/mol. The van der Waals surface area contributed by atoms with Gasteiger partial charge < -0.3 is 10.5 Å². The molecule has 0 saturated carbocycles. The zero-order chi connectivity index (χ0) is 9.84. The lowest BCUT2D eigenvalue weighted by molar-refractivity contribution is 0.0219. The van der Waals surface area contributed by atoms with Gasteiger partial charge in [0.25, 0.3) is 0 Å². The molecule has 4 heteroatoms. The van der Waals surface area contributed by atoms with E-state index in [9.17, 15) is 0 Å². The van der Waals surface area contributed by atoms with Crippen molar-refractivity contribution in [3.63, 3.8) is 0 Å². The topological polar surface area (TPSA) is 47.3 Å². The van der Waals surface area contributed by atoms with Crippen LogP contribution >= 0.6 is 15.9 Å². The third kappa shape index (κ3) is 2.91. The lowest BCUT2D eigenvalue weighted by Crippen LogP contribution is -2.57. The Morgan fingerprint density at radius 3 is 2.77 bits per heavy atom. The van der Waals surface area contributed by atoms with Gasteiger partial charge in [-0.15, -0.1) is 0 Å². The summed E-state index contributed by atoms with van der Waals surface area (Å²) in [4.78, 5) is 0.480. The minimum atomic E-state index is 0.0584. The maximum Gasteiger partial charge on any atom is 0.110 e. The minimum absolute atomic E-state index is 0.0584. The van der Waals surface area contributed by atoms with E-state index in [2.05, 4.69) is 28.2 Å². The Balaban J connectivity index is 2.48. The van der Waals surface area contributed by atoms with Crippen LogP contribution in [0.1, 0.15) is 26.2 Å². The number of methoxy groups -OCH3 is 1. The molecule has 1 aliphatic heterocycles. The number of ether oxygens (including phenoxy) is 1. The molecule has 0 bridgehead atoms.